The normalized spacial score (nSPS) is 11.2. The molecule has 1 aromatic carbocycles. The van der Waals surface area contributed by atoms with Gasteiger partial charge in [0.05, 0.1) is 0 Å². The van der Waals surface area contributed by atoms with Crippen LogP contribution in [0.2, 0.25) is 0 Å². The van der Waals surface area contributed by atoms with Crippen LogP contribution in [0.25, 0.3) is 10.4 Å². The lowest BCUT2D eigenvalue weighted by molar-refractivity contribution is 0.406. The van der Waals surface area contributed by atoms with Crippen LogP contribution in [0.3, 0.4) is 0 Å². The van der Waals surface area contributed by atoms with Gasteiger partial charge in [0, 0.05) is 29.0 Å². The van der Waals surface area contributed by atoms with Crippen LogP contribution in [0.15, 0.2) is 48.7 Å². The van der Waals surface area contributed by atoms with Crippen molar-refractivity contribution < 1.29 is 0 Å². The first-order valence-electron chi connectivity index (χ1n) is 8.98. The Morgan fingerprint density at radius 2 is 1.81 bits per heavy atom. The highest BCUT2D eigenvalue weighted by Gasteiger charge is 2.19. The van der Waals surface area contributed by atoms with Gasteiger partial charge >= 0.3 is 0 Å². The number of anilines is 1. The Morgan fingerprint density at radius 3 is 2.41 bits per heavy atom. The molecule has 0 spiro atoms. The van der Waals surface area contributed by atoms with Crippen LogP contribution in [0, 0.1) is 23.7 Å². The molecule has 3 aromatic rings. The lowest BCUT2D eigenvalue weighted by atomic mass is 9.96. The molecule has 0 N–H and O–H groups in total. The number of benzene rings is 1. The van der Waals surface area contributed by atoms with Crippen molar-refractivity contribution in [1.82, 2.24) is 9.97 Å². The topological polar surface area (TPSA) is 52.8 Å². The second-order valence-corrected chi connectivity index (χ2v) is 9.17. The second-order valence-electron chi connectivity index (χ2n) is 7.88. The van der Waals surface area contributed by atoms with Gasteiger partial charge < -0.3 is 4.90 Å². The third-order valence-electron chi connectivity index (χ3n) is 4.06. The zero-order chi connectivity index (χ0) is 19.4. The number of hydrogen-bond acceptors (Lipinski definition) is 5. The fourth-order valence-corrected chi connectivity index (χ4v) is 3.79. The highest BCUT2D eigenvalue weighted by molar-refractivity contribution is 7.15. The maximum Gasteiger partial charge on any atom is 0.226 e. The fraction of sp³-hybridized carbons (Fsp3) is 0.318. The molecule has 0 unspecified atom stereocenters. The van der Waals surface area contributed by atoms with E-state index in [-0.39, 0.29) is 5.41 Å². The Balaban J connectivity index is 1.84. The first-order valence-corrected chi connectivity index (χ1v) is 9.79. The van der Waals surface area contributed by atoms with Gasteiger partial charge in [-0.1, -0.05) is 45.0 Å². The summed E-state index contributed by atoms with van der Waals surface area (Å²) in [5, 5.41) is 9.15. The summed E-state index contributed by atoms with van der Waals surface area (Å²) in [6, 6.07) is 16.7. The number of thiophene rings is 1. The molecule has 0 atom stereocenters. The minimum absolute atomic E-state index is 0.0838. The van der Waals surface area contributed by atoms with E-state index >= 15 is 0 Å². The average molecular weight is 377 g/mol. The molecule has 2 aromatic heterocycles. The molecule has 0 aliphatic carbocycles. The summed E-state index contributed by atoms with van der Waals surface area (Å²) in [4.78, 5) is 13.5. The van der Waals surface area contributed by atoms with Crippen molar-refractivity contribution in [3.63, 3.8) is 0 Å². The summed E-state index contributed by atoms with van der Waals surface area (Å²) in [5.74, 6) is 0.599. The fourth-order valence-electron chi connectivity index (χ4n) is 2.92. The van der Waals surface area contributed by atoms with E-state index in [2.05, 4.69) is 85.0 Å². The molecular weight excluding hydrogens is 352 g/mol. The Labute approximate surface area is 165 Å². The van der Waals surface area contributed by atoms with Crippen molar-refractivity contribution in [2.45, 2.75) is 34.2 Å². The first kappa shape index (κ1) is 19.1. The molecule has 2 heterocycles. The largest absolute Gasteiger partial charge is 0.336 e. The number of nitriles is 1. The lowest BCUT2D eigenvalue weighted by Crippen LogP contribution is -2.33. The quantitative estimate of drug-likeness (QED) is 0.595. The molecule has 5 heteroatoms. The number of nitrogens with zero attached hydrogens (tertiary/aromatic N) is 4. The molecule has 0 fully saturated rings. The summed E-state index contributed by atoms with van der Waals surface area (Å²) in [6.45, 7) is 10.2. The molecule has 0 saturated carbocycles. The molecule has 0 aliphatic heterocycles. The molecule has 0 aliphatic rings. The van der Waals surface area contributed by atoms with Crippen molar-refractivity contribution in [3.8, 4) is 16.5 Å². The summed E-state index contributed by atoms with van der Waals surface area (Å²) in [5.41, 5.74) is 2.91. The van der Waals surface area contributed by atoms with Crippen LogP contribution in [0.1, 0.15) is 36.9 Å². The predicted molar refractivity (Wildman–Crippen MR) is 112 cm³/mol. The van der Waals surface area contributed by atoms with E-state index in [1.165, 1.54) is 20.9 Å². The lowest BCUT2D eigenvalue weighted by Gasteiger charge is -2.30. The van der Waals surface area contributed by atoms with Crippen LogP contribution >= 0.6 is 11.3 Å². The Bertz CT molecular complexity index is 945. The van der Waals surface area contributed by atoms with Crippen molar-refractivity contribution in [3.05, 3.63) is 64.8 Å². The molecular formula is C22H24N4S. The summed E-state index contributed by atoms with van der Waals surface area (Å²) < 4.78 is 0. The number of aromatic nitrogens is 2. The van der Waals surface area contributed by atoms with E-state index in [0.29, 0.717) is 18.2 Å². The van der Waals surface area contributed by atoms with Crippen molar-refractivity contribution in [2.24, 2.45) is 5.41 Å². The molecule has 0 amide bonds. The minimum Gasteiger partial charge on any atom is -0.336 e. The second kappa shape index (κ2) is 7.89. The van der Waals surface area contributed by atoms with E-state index in [0.717, 1.165) is 6.54 Å². The van der Waals surface area contributed by atoms with Gasteiger partial charge in [0.25, 0.3) is 0 Å². The zero-order valence-electron chi connectivity index (χ0n) is 16.2. The van der Waals surface area contributed by atoms with Gasteiger partial charge in [-0.05, 0) is 41.7 Å². The molecule has 3 rings (SSSR count). The van der Waals surface area contributed by atoms with E-state index in [9.17, 15) is 0 Å². The van der Waals surface area contributed by atoms with Gasteiger partial charge in [0.15, 0.2) is 0 Å². The van der Waals surface area contributed by atoms with Crippen molar-refractivity contribution in [1.29, 1.82) is 5.26 Å². The number of rotatable bonds is 5. The van der Waals surface area contributed by atoms with Gasteiger partial charge in [0.2, 0.25) is 5.95 Å². The third kappa shape index (κ3) is 5.15. The molecule has 138 valence electrons. The maximum atomic E-state index is 9.15. The van der Waals surface area contributed by atoms with E-state index in [4.69, 9.17) is 5.26 Å². The van der Waals surface area contributed by atoms with Gasteiger partial charge in [-0.3, -0.25) is 0 Å². The van der Waals surface area contributed by atoms with Crippen LogP contribution in [0.4, 0.5) is 5.95 Å². The van der Waals surface area contributed by atoms with Crippen LogP contribution in [-0.4, -0.2) is 16.5 Å². The Morgan fingerprint density at radius 1 is 1.07 bits per heavy atom. The van der Waals surface area contributed by atoms with E-state index in [1.54, 1.807) is 12.3 Å². The first-order chi connectivity index (χ1) is 12.8. The predicted octanol–water partition coefficient (Wildman–Crippen LogP) is 5.44. The average Bonchev–Trinajstić information content (AvgIpc) is 3.07. The SMILES string of the molecule is Cc1ccc(-c2ccc(CN(CC(C)(C)C)c3nccc(C#N)n3)cc2)s1. The number of hydrogen-bond donors (Lipinski definition) is 0. The molecule has 27 heavy (non-hydrogen) atoms. The standard InChI is InChI=1S/C22H24N4S/c1-16-5-10-20(27-16)18-8-6-17(7-9-18)14-26(15-22(2,3)4)21-24-12-11-19(13-23)25-21/h5-12H,14-15H2,1-4H3. The van der Waals surface area contributed by atoms with Gasteiger partial charge in [-0.2, -0.15) is 5.26 Å². The van der Waals surface area contributed by atoms with Gasteiger partial charge in [-0.15, -0.1) is 11.3 Å². The van der Waals surface area contributed by atoms with Crippen LogP contribution in [0.5, 0.6) is 0 Å². The smallest absolute Gasteiger partial charge is 0.226 e. The molecule has 0 radical (unpaired) electrons. The van der Waals surface area contributed by atoms with Gasteiger partial charge in [0.1, 0.15) is 11.8 Å². The monoisotopic (exact) mass is 376 g/mol. The summed E-state index contributed by atoms with van der Waals surface area (Å²) >= 11 is 1.81. The molecule has 0 saturated heterocycles. The Hall–Kier alpha value is -2.71. The Kier molecular flexibility index (Phi) is 5.57. The third-order valence-corrected chi connectivity index (χ3v) is 5.11. The highest BCUT2D eigenvalue weighted by atomic mass is 32.1. The highest BCUT2D eigenvalue weighted by Crippen LogP contribution is 2.28. The summed E-state index contributed by atoms with van der Waals surface area (Å²) in [6.07, 6.45) is 1.65. The van der Waals surface area contributed by atoms with Crippen molar-refractivity contribution in [2.75, 3.05) is 11.4 Å². The minimum atomic E-state index is 0.0838. The van der Waals surface area contributed by atoms with Crippen LogP contribution < -0.4 is 4.90 Å². The van der Waals surface area contributed by atoms with Crippen LogP contribution in [-0.2, 0) is 6.54 Å². The maximum absolute atomic E-state index is 9.15. The zero-order valence-corrected chi connectivity index (χ0v) is 17.0. The number of aryl methyl sites for hydroxylation is 1. The van der Waals surface area contributed by atoms with Crippen molar-refractivity contribution >= 4 is 17.3 Å². The van der Waals surface area contributed by atoms with E-state index in [1.807, 2.05) is 11.3 Å². The molecule has 4 nitrogen and oxygen atoms in total. The summed E-state index contributed by atoms with van der Waals surface area (Å²) in [7, 11) is 0. The van der Waals surface area contributed by atoms with E-state index < -0.39 is 0 Å². The molecule has 0 bridgehead atoms. The van der Waals surface area contributed by atoms with Gasteiger partial charge in [-0.25, -0.2) is 9.97 Å².